The van der Waals surface area contributed by atoms with Crippen LogP contribution in [0.4, 0.5) is 20.2 Å². The Labute approximate surface area is 214 Å². The molecule has 190 valence electrons. The summed E-state index contributed by atoms with van der Waals surface area (Å²) in [7, 11) is 3.46. The predicted molar refractivity (Wildman–Crippen MR) is 137 cm³/mol. The Morgan fingerprint density at radius 1 is 1.00 bits per heavy atom. The number of fused-ring (bicyclic) bond motifs is 1. The molecule has 2 saturated carbocycles. The first-order valence-electron chi connectivity index (χ1n) is 12.6. The summed E-state index contributed by atoms with van der Waals surface area (Å²) in [4.78, 5) is 21.6. The van der Waals surface area contributed by atoms with E-state index >= 15 is 0 Å². The Hall–Kier alpha value is -3.98. The first-order chi connectivity index (χ1) is 17.8. The number of nitrogens with zero attached hydrogens (tertiary/aromatic N) is 6. The number of hydrogen-bond acceptors (Lipinski definition) is 6. The molecule has 0 aliphatic heterocycles. The summed E-state index contributed by atoms with van der Waals surface area (Å²) in [6.07, 6.45) is 5.44. The number of rotatable bonds is 6. The van der Waals surface area contributed by atoms with Crippen molar-refractivity contribution in [2.45, 2.75) is 50.6 Å². The molecule has 2 aliphatic carbocycles. The lowest BCUT2D eigenvalue weighted by Gasteiger charge is -2.41. The fourth-order valence-corrected chi connectivity index (χ4v) is 5.59. The van der Waals surface area contributed by atoms with Crippen LogP contribution in [0.2, 0.25) is 0 Å². The van der Waals surface area contributed by atoms with Crippen LogP contribution < -0.4 is 15.4 Å². The number of benzene rings is 1. The molecule has 2 heterocycles. The molecule has 2 aromatic heterocycles. The van der Waals surface area contributed by atoms with Gasteiger partial charge in [0.05, 0.1) is 11.2 Å². The highest BCUT2D eigenvalue weighted by Crippen LogP contribution is 2.38. The highest BCUT2D eigenvalue weighted by Gasteiger charge is 2.34. The zero-order chi connectivity index (χ0) is 26.3. The summed E-state index contributed by atoms with van der Waals surface area (Å²) in [5, 5.41) is 19.3. The van der Waals surface area contributed by atoms with Gasteiger partial charge in [-0.05, 0) is 68.7 Å². The third kappa shape index (κ3) is 4.74. The summed E-state index contributed by atoms with van der Waals surface area (Å²) < 4.78 is 29.4. The van der Waals surface area contributed by atoms with Gasteiger partial charge in [-0.15, -0.1) is 0 Å². The summed E-state index contributed by atoms with van der Waals surface area (Å²) in [6.45, 7) is 0.785. The van der Waals surface area contributed by atoms with Crippen molar-refractivity contribution in [3.05, 3.63) is 63.6 Å². The van der Waals surface area contributed by atoms with E-state index < -0.39 is 17.2 Å². The Bertz CT molecular complexity index is 1470. The smallest absolute Gasteiger partial charge is 0.270 e. The van der Waals surface area contributed by atoms with E-state index in [0.717, 1.165) is 51.1 Å². The molecular formula is C28H28F2N6O. The van der Waals surface area contributed by atoms with E-state index in [-0.39, 0.29) is 23.3 Å². The Kier molecular flexibility index (Phi) is 6.55. The molecule has 7 nitrogen and oxygen atoms in total. The minimum atomic E-state index is -0.574. The second-order valence-electron chi connectivity index (χ2n) is 10.2. The van der Waals surface area contributed by atoms with Gasteiger partial charge in [-0.3, -0.25) is 4.79 Å². The zero-order valence-corrected chi connectivity index (χ0v) is 20.9. The van der Waals surface area contributed by atoms with Gasteiger partial charge in [0.2, 0.25) is 0 Å². The minimum Gasteiger partial charge on any atom is -0.369 e. The van der Waals surface area contributed by atoms with Gasteiger partial charge in [0.25, 0.3) is 5.56 Å². The van der Waals surface area contributed by atoms with Gasteiger partial charge in [-0.2, -0.15) is 10.5 Å². The first kappa shape index (κ1) is 24.7. The minimum absolute atomic E-state index is 0.00723. The molecule has 0 bridgehead atoms. The maximum atomic E-state index is 14.0. The number of aryl methyl sites for hydroxylation is 1. The Balaban J connectivity index is 1.44. The van der Waals surface area contributed by atoms with Crippen LogP contribution in [0.5, 0.6) is 0 Å². The van der Waals surface area contributed by atoms with E-state index in [4.69, 9.17) is 0 Å². The van der Waals surface area contributed by atoms with Gasteiger partial charge in [-0.25, -0.2) is 13.8 Å². The van der Waals surface area contributed by atoms with Crippen molar-refractivity contribution >= 4 is 22.4 Å². The molecular weight excluding hydrogens is 474 g/mol. The van der Waals surface area contributed by atoms with Gasteiger partial charge in [-0.1, -0.05) is 0 Å². The average Bonchev–Trinajstić information content (AvgIpc) is 3.72. The van der Waals surface area contributed by atoms with Crippen LogP contribution in [-0.4, -0.2) is 35.2 Å². The van der Waals surface area contributed by atoms with Crippen molar-refractivity contribution < 1.29 is 8.78 Å². The Morgan fingerprint density at radius 2 is 1.65 bits per heavy atom. The number of pyridine rings is 2. The van der Waals surface area contributed by atoms with Crippen LogP contribution >= 0.6 is 0 Å². The van der Waals surface area contributed by atoms with Crippen LogP contribution in [0.3, 0.4) is 0 Å². The predicted octanol–water partition coefficient (Wildman–Crippen LogP) is 4.62. The van der Waals surface area contributed by atoms with Crippen LogP contribution in [-0.2, 0) is 7.05 Å². The normalized spacial score (nSPS) is 19.3. The number of hydrogen-bond donors (Lipinski definition) is 0. The van der Waals surface area contributed by atoms with Crippen molar-refractivity contribution in [3.8, 4) is 12.1 Å². The summed E-state index contributed by atoms with van der Waals surface area (Å²) >= 11 is 0. The molecule has 0 amide bonds. The third-order valence-electron chi connectivity index (χ3n) is 7.78. The lowest BCUT2D eigenvalue weighted by molar-refractivity contribution is 0.364. The Morgan fingerprint density at radius 3 is 2.24 bits per heavy atom. The molecule has 37 heavy (non-hydrogen) atoms. The van der Waals surface area contributed by atoms with E-state index in [2.05, 4.69) is 16.0 Å². The van der Waals surface area contributed by atoms with Gasteiger partial charge in [0.15, 0.2) is 0 Å². The van der Waals surface area contributed by atoms with Crippen molar-refractivity contribution in [1.82, 2.24) is 9.55 Å². The highest BCUT2D eigenvalue weighted by atomic mass is 19.1. The van der Waals surface area contributed by atoms with Crippen LogP contribution in [0.15, 0.2) is 35.1 Å². The average molecular weight is 503 g/mol. The van der Waals surface area contributed by atoms with Crippen LogP contribution in [0.1, 0.15) is 49.8 Å². The molecule has 0 unspecified atom stereocenters. The summed E-state index contributed by atoms with van der Waals surface area (Å²) in [5.74, 6) is -0.595. The van der Waals surface area contributed by atoms with E-state index in [1.807, 2.05) is 18.0 Å². The second kappa shape index (κ2) is 9.82. The van der Waals surface area contributed by atoms with Gasteiger partial charge < -0.3 is 14.4 Å². The maximum absolute atomic E-state index is 14.0. The van der Waals surface area contributed by atoms with Crippen molar-refractivity contribution in [3.63, 3.8) is 0 Å². The lowest BCUT2D eigenvalue weighted by Crippen LogP contribution is -2.44. The van der Waals surface area contributed by atoms with Crippen molar-refractivity contribution in [2.75, 3.05) is 23.4 Å². The lowest BCUT2D eigenvalue weighted by atomic mass is 9.88. The standard InChI is InChI=1S/C28H28F2N6O/c1-34(27-24(15-32)28(37)35(2)25-10-5-20(14-31)33-26(25)27)21-6-8-22(9-7-21)36(16-17-3-4-17)23-12-18(29)11-19(30)13-23/h5,10-13,17,21-22H,3-4,6-9,16H2,1-2H3/t21-,22+. The van der Waals surface area contributed by atoms with Gasteiger partial charge in [0, 0.05) is 44.5 Å². The molecule has 9 heteroatoms. The molecule has 1 aromatic carbocycles. The molecule has 0 saturated heterocycles. The highest BCUT2D eigenvalue weighted by molar-refractivity contribution is 5.92. The van der Waals surface area contributed by atoms with Gasteiger partial charge >= 0.3 is 0 Å². The van der Waals surface area contributed by atoms with Gasteiger partial charge in [0.1, 0.15) is 40.5 Å². The van der Waals surface area contributed by atoms with E-state index in [9.17, 15) is 24.1 Å². The monoisotopic (exact) mass is 502 g/mol. The van der Waals surface area contributed by atoms with Crippen LogP contribution in [0, 0.1) is 40.2 Å². The van der Waals surface area contributed by atoms with Crippen LogP contribution in [0.25, 0.3) is 11.0 Å². The molecule has 0 spiro atoms. The SMILES string of the molecule is Cn1c(=O)c(C#N)c(N(C)[C@H]2CC[C@@H](N(CC3CC3)c3cc(F)cc(F)c3)CC2)c2nc(C#N)ccc21. The molecule has 0 radical (unpaired) electrons. The maximum Gasteiger partial charge on any atom is 0.270 e. The topological polar surface area (TPSA) is 88.9 Å². The molecule has 3 aromatic rings. The number of aromatic nitrogens is 2. The third-order valence-corrected chi connectivity index (χ3v) is 7.78. The van der Waals surface area contributed by atoms with E-state index in [0.29, 0.717) is 28.3 Å². The number of nitriles is 2. The number of halogens is 2. The fourth-order valence-electron chi connectivity index (χ4n) is 5.59. The second-order valence-corrected chi connectivity index (χ2v) is 10.2. The molecule has 2 aliphatic rings. The molecule has 0 atom stereocenters. The summed E-state index contributed by atoms with van der Waals surface area (Å²) in [6, 6.07) is 11.3. The van der Waals surface area contributed by atoms with Crippen molar-refractivity contribution in [1.29, 1.82) is 10.5 Å². The number of anilines is 2. The molecule has 2 fully saturated rings. The van der Waals surface area contributed by atoms with E-state index in [1.165, 1.54) is 16.7 Å². The zero-order valence-electron chi connectivity index (χ0n) is 20.9. The molecule has 5 rings (SSSR count). The quantitative estimate of drug-likeness (QED) is 0.489. The first-order valence-corrected chi connectivity index (χ1v) is 12.6. The fraction of sp³-hybridized carbons (Fsp3) is 0.429. The van der Waals surface area contributed by atoms with Crippen molar-refractivity contribution in [2.24, 2.45) is 13.0 Å². The van der Waals surface area contributed by atoms with E-state index in [1.54, 1.807) is 19.2 Å². The largest absolute Gasteiger partial charge is 0.369 e. The summed E-state index contributed by atoms with van der Waals surface area (Å²) in [5.41, 5.74) is 1.86. The molecule has 0 N–H and O–H groups in total.